The van der Waals surface area contributed by atoms with Crippen LogP contribution in [0.2, 0.25) is 5.15 Å². The van der Waals surface area contributed by atoms with Crippen molar-refractivity contribution in [3.8, 4) is 0 Å². The second-order valence-corrected chi connectivity index (χ2v) is 4.19. The van der Waals surface area contributed by atoms with Gasteiger partial charge in [0, 0.05) is 11.6 Å². The van der Waals surface area contributed by atoms with Crippen LogP contribution in [-0.4, -0.2) is 21.2 Å². The van der Waals surface area contributed by atoms with Crippen LogP contribution in [0, 0.1) is 0 Å². The maximum atomic E-state index is 11.7. The van der Waals surface area contributed by atoms with E-state index >= 15 is 0 Å². The van der Waals surface area contributed by atoms with Crippen molar-refractivity contribution in [1.29, 1.82) is 0 Å². The average Bonchev–Trinajstić information content (AvgIpc) is 2.62. The Bertz CT molecular complexity index is 488. The summed E-state index contributed by atoms with van der Waals surface area (Å²) < 4.78 is 1.67. The van der Waals surface area contributed by atoms with Gasteiger partial charge in [-0.1, -0.05) is 11.6 Å². The Morgan fingerprint density at radius 1 is 1.79 bits per heavy atom. The first-order valence-electron chi connectivity index (χ1n) is 4.02. The number of nitrogens with two attached hydrogens (primary N) is 1. The standard InChI is InChI=1S/C8H8ClN3OS/c1-4(10)6(13)5-7(9)11-8-12(5)2-3-14-8/h2-4H,10H2,1H3. The third-order valence-corrected chi connectivity index (χ3v) is 2.89. The smallest absolute Gasteiger partial charge is 0.199 e. The molecule has 2 aromatic rings. The highest BCUT2D eigenvalue weighted by molar-refractivity contribution is 7.15. The summed E-state index contributed by atoms with van der Waals surface area (Å²) in [6, 6.07) is -0.563. The van der Waals surface area contributed by atoms with Gasteiger partial charge in [0.15, 0.2) is 15.9 Å². The molecule has 0 saturated carbocycles. The second kappa shape index (κ2) is 3.34. The quantitative estimate of drug-likeness (QED) is 0.796. The number of fused-ring (bicyclic) bond motifs is 1. The predicted octanol–water partition coefficient (Wildman–Crippen LogP) is 1.58. The molecule has 4 nitrogen and oxygen atoms in total. The van der Waals surface area contributed by atoms with Crippen molar-refractivity contribution in [2.24, 2.45) is 5.73 Å². The summed E-state index contributed by atoms with van der Waals surface area (Å²) in [5, 5.41) is 2.07. The number of Topliss-reactive ketones (excluding diaryl/α,β-unsaturated/α-hetero) is 1. The molecule has 0 fully saturated rings. The van der Waals surface area contributed by atoms with E-state index in [4.69, 9.17) is 17.3 Å². The first-order chi connectivity index (χ1) is 6.61. The molecule has 0 aliphatic rings. The zero-order valence-electron chi connectivity index (χ0n) is 7.40. The summed E-state index contributed by atoms with van der Waals surface area (Å²) in [6.45, 7) is 1.63. The van der Waals surface area contributed by atoms with Gasteiger partial charge in [-0.2, -0.15) is 0 Å². The van der Waals surface area contributed by atoms with Crippen molar-refractivity contribution in [1.82, 2.24) is 9.38 Å². The van der Waals surface area contributed by atoms with E-state index in [1.165, 1.54) is 11.3 Å². The van der Waals surface area contributed by atoms with Gasteiger partial charge in [0.05, 0.1) is 6.04 Å². The van der Waals surface area contributed by atoms with Crippen molar-refractivity contribution in [3.63, 3.8) is 0 Å². The number of hydrogen-bond donors (Lipinski definition) is 1. The molecule has 2 heterocycles. The minimum atomic E-state index is -0.563. The number of rotatable bonds is 2. The number of imidazole rings is 1. The maximum absolute atomic E-state index is 11.7. The summed E-state index contributed by atoms with van der Waals surface area (Å²) >= 11 is 7.27. The van der Waals surface area contributed by atoms with Crippen LogP contribution >= 0.6 is 22.9 Å². The third-order valence-electron chi connectivity index (χ3n) is 1.87. The van der Waals surface area contributed by atoms with E-state index < -0.39 is 6.04 Å². The molecular weight excluding hydrogens is 222 g/mol. The molecule has 0 aliphatic carbocycles. The van der Waals surface area contributed by atoms with Gasteiger partial charge < -0.3 is 5.73 Å². The fourth-order valence-electron chi connectivity index (χ4n) is 1.20. The Morgan fingerprint density at radius 2 is 2.50 bits per heavy atom. The van der Waals surface area contributed by atoms with Crippen LogP contribution in [0.1, 0.15) is 17.4 Å². The van der Waals surface area contributed by atoms with Crippen molar-refractivity contribution >= 4 is 33.7 Å². The molecule has 1 atom stereocenters. The van der Waals surface area contributed by atoms with Crippen LogP contribution in [0.3, 0.4) is 0 Å². The highest BCUT2D eigenvalue weighted by Crippen LogP contribution is 2.22. The molecule has 0 bridgehead atoms. The molecule has 0 saturated heterocycles. The van der Waals surface area contributed by atoms with Crippen LogP contribution < -0.4 is 5.73 Å². The Labute approximate surface area is 89.3 Å². The largest absolute Gasteiger partial charge is 0.321 e. The maximum Gasteiger partial charge on any atom is 0.199 e. The van der Waals surface area contributed by atoms with E-state index in [9.17, 15) is 4.79 Å². The van der Waals surface area contributed by atoms with Crippen LogP contribution in [0.5, 0.6) is 0 Å². The lowest BCUT2D eigenvalue weighted by atomic mass is 10.2. The number of ketones is 1. The molecule has 0 amide bonds. The summed E-state index contributed by atoms with van der Waals surface area (Å²) in [6.07, 6.45) is 1.76. The van der Waals surface area contributed by atoms with Gasteiger partial charge in [0.2, 0.25) is 0 Å². The number of nitrogens with zero attached hydrogens (tertiary/aromatic N) is 2. The molecule has 2 rings (SSSR count). The molecule has 1 unspecified atom stereocenters. The summed E-state index contributed by atoms with van der Waals surface area (Å²) in [7, 11) is 0. The molecule has 14 heavy (non-hydrogen) atoms. The van der Waals surface area contributed by atoms with Gasteiger partial charge in [-0.15, -0.1) is 11.3 Å². The zero-order valence-corrected chi connectivity index (χ0v) is 8.97. The summed E-state index contributed by atoms with van der Waals surface area (Å²) in [5.41, 5.74) is 5.88. The normalized spacial score (nSPS) is 13.4. The molecule has 0 spiro atoms. The Morgan fingerprint density at radius 3 is 3.14 bits per heavy atom. The lowest BCUT2D eigenvalue weighted by molar-refractivity contribution is 0.0962. The topological polar surface area (TPSA) is 60.4 Å². The summed E-state index contributed by atoms with van der Waals surface area (Å²) in [5.74, 6) is -0.194. The van der Waals surface area contributed by atoms with Gasteiger partial charge in [-0.3, -0.25) is 9.20 Å². The van der Waals surface area contributed by atoms with E-state index in [0.717, 1.165) is 0 Å². The second-order valence-electron chi connectivity index (χ2n) is 2.96. The van der Waals surface area contributed by atoms with E-state index in [1.54, 1.807) is 17.5 Å². The number of halogens is 1. The summed E-state index contributed by atoms with van der Waals surface area (Å²) in [4.78, 5) is 16.4. The van der Waals surface area contributed by atoms with Crippen molar-refractivity contribution in [2.45, 2.75) is 13.0 Å². The van der Waals surface area contributed by atoms with E-state index in [0.29, 0.717) is 10.7 Å². The number of carbonyl (C=O) groups excluding carboxylic acids is 1. The molecule has 6 heteroatoms. The number of thiazole rings is 1. The van der Waals surface area contributed by atoms with Gasteiger partial charge in [0.25, 0.3) is 0 Å². The van der Waals surface area contributed by atoms with Crippen molar-refractivity contribution in [2.75, 3.05) is 0 Å². The van der Waals surface area contributed by atoms with E-state index in [-0.39, 0.29) is 10.9 Å². The predicted molar refractivity (Wildman–Crippen MR) is 56.1 cm³/mol. The SMILES string of the molecule is CC(N)C(=O)c1c(Cl)nc2sccn12. The fourth-order valence-corrected chi connectivity index (χ4v) is 2.22. The van der Waals surface area contributed by atoms with E-state index in [2.05, 4.69) is 4.98 Å². The Kier molecular flexibility index (Phi) is 2.30. The molecule has 0 aliphatic heterocycles. The van der Waals surface area contributed by atoms with Crippen LogP contribution in [0.4, 0.5) is 0 Å². The first-order valence-corrected chi connectivity index (χ1v) is 5.28. The lowest BCUT2D eigenvalue weighted by Gasteiger charge is -2.02. The fraction of sp³-hybridized carbons (Fsp3) is 0.250. The molecule has 2 aromatic heterocycles. The van der Waals surface area contributed by atoms with E-state index in [1.807, 2.05) is 5.38 Å². The van der Waals surface area contributed by atoms with Gasteiger partial charge >= 0.3 is 0 Å². The highest BCUT2D eigenvalue weighted by atomic mass is 35.5. The number of hydrogen-bond acceptors (Lipinski definition) is 4. The minimum absolute atomic E-state index is 0.194. The minimum Gasteiger partial charge on any atom is -0.321 e. The van der Waals surface area contributed by atoms with Crippen LogP contribution in [0.15, 0.2) is 11.6 Å². The monoisotopic (exact) mass is 229 g/mol. The van der Waals surface area contributed by atoms with Crippen molar-refractivity contribution < 1.29 is 4.79 Å². The first kappa shape index (κ1) is 9.64. The van der Waals surface area contributed by atoms with Gasteiger partial charge in [-0.05, 0) is 6.92 Å². The lowest BCUT2D eigenvalue weighted by Crippen LogP contribution is -2.27. The molecule has 74 valence electrons. The van der Waals surface area contributed by atoms with Crippen LogP contribution in [-0.2, 0) is 0 Å². The van der Waals surface area contributed by atoms with Gasteiger partial charge in [0.1, 0.15) is 5.69 Å². The average molecular weight is 230 g/mol. The molecular formula is C8H8ClN3OS. The highest BCUT2D eigenvalue weighted by Gasteiger charge is 2.21. The van der Waals surface area contributed by atoms with Crippen molar-refractivity contribution in [3.05, 3.63) is 22.4 Å². The number of carbonyl (C=O) groups is 1. The van der Waals surface area contributed by atoms with Crippen LogP contribution in [0.25, 0.3) is 4.96 Å². The van der Waals surface area contributed by atoms with Gasteiger partial charge in [-0.25, -0.2) is 4.98 Å². The Hall–Kier alpha value is -0.910. The Balaban J connectivity index is 2.64. The molecule has 2 N–H and O–H groups in total. The number of aromatic nitrogens is 2. The molecule has 0 aromatic carbocycles. The molecule has 0 radical (unpaired) electrons. The third kappa shape index (κ3) is 1.33. The zero-order chi connectivity index (χ0) is 10.3.